The fourth-order valence-electron chi connectivity index (χ4n) is 4.04. The first-order valence-corrected chi connectivity index (χ1v) is 11.1. The van der Waals surface area contributed by atoms with E-state index in [0.717, 1.165) is 23.4 Å². The zero-order valence-electron chi connectivity index (χ0n) is 19.0. The second-order valence-corrected chi connectivity index (χ2v) is 8.38. The van der Waals surface area contributed by atoms with E-state index in [9.17, 15) is 19.5 Å². The first-order valence-electron chi connectivity index (χ1n) is 10.7. The molecule has 0 bridgehead atoms. The van der Waals surface area contributed by atoms with Gasteiger partial charge in [0, 0.05) is 17.1 Å². The number of rotatable bonds is 5. The second-order valence-electron chi connectivity index (χ2n) is 8.00. The van der Waals surface area contributed by atoms with Crippen LogP contribution in [0.25, 0.3) is 11.8 Å². The number of aromatic carboxylic acids is 1. The molecule has 2 N–H and O–H groups in total. The van der Waals surface area contributed by atoms with E-state index in [-0.39, 0.29) is 16.2 Å². The number of hydrogen-bond donors (Lipinski definition) is 2. The number of nitrogens with zero attached hydrogens (tertiary/aromatic N) is 2. The van der Waals surface area contributed by atoms with E-state index in [1.165, 1.54) is 11.0 Å². The Hall–Kier alpha value is -4.04. The van der Waals surface area contributed by atoms with Crippen LogP contribution in [0.4, 0.5) is 5.69 Å². The Balaban J connectivity index is 1.74. The monoisotopic (exact) mass is 473 g/mol. The molecule has 1 aliphatic heterocycles. The number of hydrogen-bond acceptors (Lipinski definition) is 4. The maximum atomic E-state index is 13.3. The van der Waals surface area contributed by atoms with Crippen LogP contribution in [-0.2, 0) is 16.0 Å². The summed E-state index contributed by atoms with van der Waals surface area (Å²) in [6.07, 6.45) is 2.41. The van der Waals surface area contributed by atoms with Crippen molar-refractivity contribution < 1.29 is 19.5 Å². The molecule has 172 valence electrons. The summed E-state index contributed by atoms with van der Waals surface area (Å²) in [7, 11) is 0. The molecule has 0 saturated carbocycles. The summed E-state index contributed by atoms with van der Waals surface area (Å²) in [5.74, 6) is -2.08. The topological polar surface area (TPSA) is 91.6 Å². The zero-order valence-corrected chi connectivity index (χ0v) is 19.8. The molecule has 1 aromatic heterocycles. The van der Waals surface area contributed by atoms with Crippen LogP contribution in [0, 0.1) is 13.8 Å². The smallest absolute Gasteiger partial charge is 0.335 e. The molecule has 1 saturated heterocycles. The Bertz CT molecular complexity index is 1370. The van der Waals surface area contributed by atoms with Crippen molar-refractivity contribution in [3.05, 3.63) is 88.2 Å². The highest BCUT2D eigenvalue weighted by Gasteiger charge is 2.34. The quantitative estimate of drug-likeness (QED) is 0.329. The molecular weight excluding hydrogens is 450 g/mol. The van der Waals surface area contributed by atoms with Crippen LogP contribution >= 0.6 is 12.2 Å². The van der Waals surface area contributed by atoms with Gasteiger partial charge in [-0.1, -0.05) is 25.1 Å². The minimum atomic E-state index is -1.01. The summed E-state index contributed by atoms with van der Waals surface area (Å²) >= 11 is 5.28. The lowest BCUT2D eigenvalue weighted by Crippen LogP contribution is -2.54. The number of aromatic nitrogens is 1. The number of carbonyl (C=O) groups excluding carboxylic acids is 2. The minimum Gasteiger partial charge on any atom is -0.478 e. The number of benzene rings is 2. The number of thiocarbonyl (C=S) groups is 1. The Morgan fingerprint density at radius 2 is 1.76 bits per heavy atom. The van der Waals surface area contributed by atoms with Gasteiger partial charge in [-0.25, -0.2) is 4.79 Å². The number of nitrogens with one attached hydrogen (secondary N) is 1. The standard InChI is InChI=1S/C26H23N3O4S/c1-4-17-8-10-20(11-9-17)29-24(31)22(23(30)27-26(29)34)14-19-12-15(2)28(16(19)3)21-7-5-6-18(13-21)25(32)33/h5-14H,4H2,1-3H3,(H,32,33)(H,27,30,34)/b22-14-. The van der Waals surface area contributed by atoms with Gasteiger partial charge in [-0.3, -0.25) is 19.8 Å². The van der Waals surface area contributed by atoms with E-state index in [1.54, 1.807) is 30.3 Å². The molecule has 0 atom stereocenters. The van der Waals surface area contributed by atoms with Crippen LogP contribution in [0.5, 0.6) is 0 Å². The lowest BCUT2D eigenvalue weighted by atomic mass is 10.1. The van der Waals surface area contributed by atoms with Crippen molar-refractivity contribution in [2.75, 3.05) is 4.90 Å². The molecular formula is C26H23N3O4S. The van der Waals surface area contributed by atoms with Crippen LogP contribution in [-0.4, -0.2) is 32.6 Å². The van der Waals surface area contributed by atoms with Crippen molar-refractivity contribution in [3.63, 3.8) is 0 Å². The molecule has 2 aromatic carbocycles. The number of amides is 2. The first kappa shape index (κ1) is 23.1. The van der Waals surface area contributed by atoms with Gasteiger partial charge in [0.15, 0.2) is 5.11 Å². The number of carboxylic acids is 1. The molecule has 0 aliphatic carbocycles. The van der Waals surface area contributed by atoms with Crippen molar-refractivity contribution in [1.29, 1.82) is 0 Å². The van der Waals surface area contributed by atoms with Crippen LogP contribution in [0.1, 0.15) is 39.8 Å². The largest absolute Gasteiger partial charge is 0.478 e. The maximum Gasteiger partial charge on any atom is 0.335 e. The lowest BCUT2D eigenvalue weighted by Gasteiger charge is -2.29. The molecule has 4 rings (SSSR count). The highest BCUT2D eigenvalue weighted by Crippen LogP contribution is 2.26. The van der Waals surface area contributed by atoms with Crippen molar-refractivity contribution in [2.45, 2.75) is 27.2 Å². The summed E-state index contributed by atoms with van der Waals surface area (Å²) in [5.41, 5.74) is 4.78. The zero-order chi connectivity index (χ0) is 24.6. The summed E-state index contributed by atoms with van der Waals surface area (Å²) in [6.45, 7) is 5.77. The molecule has 8 heteroatoms. The van der Waals surface area contributed by atoms with Crippen LogP contribution < -0.4 is 10.2 Å². The summed E-state index contributed by atoms with van der Waals surface area (Å²) in [5, 5.41) is 12.0. The number of carbonyl (C=O) groups is 3. The predicted molar refractivity (Wildman–Crippen MR) is 134 cm³/mol. The van der Waals surface area contributed by atoms with E-state index in [4.69, 9.17) is 12.2 Å². The molecule has 1 fully saturated rings. The Morgan fingerprint density at radius 1 is 1.06 bits per heavy atom. The van der Waals surface area contributed by atoms with Gasteiger partial charge in [0.25, 0.3) is 11.8 Å². The highest BCUT2D eigenvalue weighted by atomic mass is 32.1. The Morgan fingerprint density at radius 3 is 2.41 bits per heavy atom. The molecule has 3 aromatic rings. The van der Waals surface area contributed by atoms with E-state index in [1.807, 2.05) is 49.6 Å². The fraction of sp³-hybridized carbons (Fsp3) is 0.154. The van der Waals surface area contributed by atoms with Gasteiger partial charge in [-0.15, -0.1) is 0 Å². The van der Waals surface area contributed by atoms with E-state index >= 15 is 0 Å². The van der Waals surface area contributed by atoms with E-state index < -0.39 is 17.8 Å². The Labute approximate surface area is 202 Å². The van der Waals surface area contributed by atoms with Crippen molar-refractivity contribution in [3.8, 4) is 5.69 Å². The van der Waals surface area contributed by atoms with Crippen LogP contribution in [0.3, 0.4) is 0 Å². The predicted octanol–water partition coefficient (Wildman–Crippen LogP) is 4.19. The van der Waals surface area contributed by atoms with Crippen LogP contribution in [0.2, 0.25) is 0 Å². The average Bonchev–Trinajstić information content (AvgIpc) is 3.09. The van der Waals surface area contributed by atoms with E-state index in [0.29, 0.717) is 16.9 Å². The highest BCUT2D eigenvalue weighted by molar-refractivity contribution is 7.80. The van der Waals surface area contributed by atoms with Gasteiger partial charge in [-0.05, 0) is 86.1 Å². The number of carboxylic acid groups (broad SMARTS) is 1. The normalized spacial score (nSPS) is 15.1. The molecule has 0 unspecified atom stereocenters. The second kappa shape index (κ2) is 9.07. The minimum absolute atomic E-state index is 0.0345. The molecule has 0 radical (unpaired) electrons. The van der Waals surface area contributed by atoms with Crippen molar-refractivity contribution in [1.82, 2.24) is 9.88 Å². The van der Waals surface area contributed by atoms with Crippen molar-refractivity contribution in [2.24, 2.45) is 0 Å². The molecule has 0 spiro atoms. The molecule has 34 heavy (non-hydrogen) atoms. The lowest BCUT2D eigenvalue weighted by molar-refractivity contribution is -0.122. The SMILES string of the molecule is CCc1ccc(N2C(=O)/C(=C\c3cc(C)n(-c4cccc(C(=O)O)c4)c3C)C(=O)NC2=S)cc1. The molecule has 2 heterocycles. The van der Waals surface area contributed by atoms with Gasteiger partial charge in [0.2, 0.25) is 0 Å². The van der Waals surface area contributed by atoms with E-state index in [2.05, 4.69) is 5.32 Å². The summed E-state index contributed by atoms with van der Waals surface area (Å²) in [6, 6.07) is 15.9. The van der Waals surface area contributed by atoms with Gasteiger partial charge in [-0.2, -0.15) is 0 Å². The van der Waals surface area contributed by atoms with Gasteiger partial charge in [0.1, 0.15) is 5.57 Å². The molecule has 7 nitrogen and oxygen atoms in total. The first-order chi connectivity index (χ1) is 16.2. The third kappa shape index (κ3) is 4.15. The van der Waals surface area contributed by atoms with Gasteiger partial charge >= 0.3 is 5.97 Å². The van der Waals surface area contributed by atoms with Crippen molar-refractivity contribution >= 4 is 46.9 Å². The number of aryl methyl sites for hydroxylation is 2. The molecule has 2 amide bonds. The summed E-state index contributed by atoms with van der Waals surface area (Å²) < 4.78 is 1.88. The number of anilines is 1. The van der Waals surface area contributed by atoms with Gasteiger partial charge < -0.3 is 9.67 Å². The summed E-state index contributed by atoms with van der Waals surface area (Å²) in [4.78, 5) is 38.7. The maximum absolute atomic E-state index is 13.3. The fourth-order valence-corrected chi connectivity index (χ4v) is 4.32. The third-order valence-corrected chi connectivity index (χ3v) is 6.11. The third-order valence-electron chi connectivity index (χ3n) is 5.83. The van der Waals surface area contributed by atoms with Gasteiger partial charge in [0.05, 0.1) is 11.3 Å². The molecule has 1 aliphatic rings. The Kier molecular flexibility index (Phi) is 6.17. The van der Waals surface area contributed by atoms with Crippen LogP contribution in [0.15, 0.2) is 60.2 Å². The average molecular weight is 474 g/mol.